The molecule has 1 aromatic heterocycles. The molecule has 0 saturated heterocycles. The molecule has 0 atom stereocenters. The SMILES string of the molecule is CCn1cnnc1CCNC(=O)c1cccc(S(=O)(=O)N(C)c2cccc(Cl)c2)c1. The average Bonchev–Trinajstić information content (AvgIpc) is 3.20. The number of benzene rings is 2. The number of aryl methyl sites for hydroxylation is 1. The molecule has 0 aliphatic carbocycles. The van der Waals surface area contributed by atoms with Crippen LogP contribution in [0.4, 0.5) is 5.69 Å². The summed E-state index contributed by atoms with van der Waals surface area (Å²) < 4.78 is 29.0. The van der Waals surface area contributed by atoms with Crippen LogP contribution in [-0.4, -0.2) is 42.7 Å². The Balaban J connectivity index is 1.72. The van der Waals surface area contributed by atoms with Crippen LogP contribution in [0.15, 0.2) is 59.8 Å². The van der Waals surface area contributed by atoms with Gasteiger partial charge in [0.25, 0.3) is 15.9 Å². The number of hydrogen-bond donors (Lipinski definition) is 1. The van der Waals surface area contributed by atoms with Crippen LogP contribution in [0.1, 0.15) is 23.1 Å². The monoisotopic (exact) mass is 447 g/mol. The van der Waals surface area contributed by atoms with E-state index in [4.69, 9.17) is 11.6 Å². The van der Waals surface area contributed by atoms with Crippen molar-refractivity contribution in [2.75, 3.05) is 17.9 Å². The van der Waals surface area contributed by atoms with Crippen molar-refractivity contribution in [1.29, 1.82) is 0 Å². The van der Waals surface area contributed by atoms with E-state index in [1.807, 2.05) is 11.5 Å². The van der Waals surface area contributed by atoms with E-state index >= 15 is 0 Å². The van der Waals surface area contributed by atoms with Crippen molar-refractivity contribution in [2.24, 2.45) is 0 Å². The van der Waals surface area contributed by atoms with E-state index in [2.05, 4.69) is 15.5 Å². The van der Waals surface area contributed by atoms with Gasteiger partial charge in [0.2, 0.25) is 0 Å². The maximum atomic E-state index is 13.0. The number of carbonyl (C=O) groups excluding carboxylic acids is 1. The quantitative estimate of drug-likeness (QED) is 0.572. The molecular weight excluding hydrogens is 426 g/mol. The summed E-state index contributed by atoms with van der Waals surface area (Å²) in [6.07, 6.45) is 2.16. The normalized spacial score (nSPS) is 11.3. The Labute approximate surface area is 180 Å². The average molecular weight is 448 g/mol. The van der Waals surface area contributed by atoms with Crippen LogP contribution in [0.3, 0.4) is 0 Å². The summed E-state index contributed by atoms with van der Waals surface area (Å²) >= 11 is 5.97. The Morgan fingerprint density at radius 1 is 1.20 bits per heavy atom. The molecule has 1 heterocycles. The van der Waals surface area contributed by atoms with Crippen LogP contribution in [0.25, 0.3) is 0 Å². The summed E-state index contributed by atoms with van der Waals surface area (Å²) in [5.74, 6) is 0.414. The zero-order chi connectivity index (χ0) is 21.7. The second-order valence-corrected chi connectivity index (χ2v) is 8.93. The zero-order valence-electron chi connectivity index (χ0n) is 16.6. The first-order valence-corrected chi connectivity index (χ1v) is 11.1. The largest absolute Gasteiger partial charge is 0.352 e. The molecule has 0 aliphatic rings. The molecule has 0 radical (unpaired) electrons. The Morgan fingerprint density at radius 3 is 2.70 bits per heavy atom. The van der Waals surface area contributed by atoms with Crippen LogP contribution in [0.5, 0.6) is 0 Å². The van der Waals surface area contributed by atoms with E-state index < -0.39 is 10.0 Å². The van der Waals surface area contributed by atoms with Gasteiger partial charge in [-0.25, -0.2) is 8.42 Å². The molecule has 10 heteroatoms. The number of hydrogen-bond acceptors (Lipinski definition) is 5. The second kappa shape index (κ2) is 9.27. The topological polar surface area (TPSA) is 97.2 Å². The van der Waals surface area contributed by atoms with E-state index in [1.54, 1.807) is 42.7 Å². The molecule has 0 unspecified atom stereocenters. The number of sulfonamides is 1. The van der Waals surface area contributed by atoms with Crippen LogP contribution >= 0.6 is 11.6 Å². The van der Waals surface area contributed by atoms with Gasteiger partial charge in [-0.15, -0.1) is 10.2 Å². The van der Waals surface area contributed by atoms with Gasteiger partial charge in [0.1, 0.15) is 12.2 Å². The number of halogens is 1. The molecule has 0 spiro atoms. The van der Waals surface area contributed by atoms with Gasteiger partial charge in [0.15, 0.2) is 0 Å². The highest BCUT2D eigenvalue weighted by Gasteiger charge is 2.22. The van der Waals surface area contributed by atoms with Gasteiger partial charge < -0.3 is 9.88 Å². The minimum Gasteiger partial charge on any atom is -0.352 e. The molecule has 0 fully saturated rings. The van der Waals surface area contributed by atoms with Crippen molar-refractivity contribution < 1.29 is 13.2 Å². The van der Waals surface area contributed by atoms with Gasteiger partial charge in [0.05, 0.1) is 10.6 Å². The van der Waals surface area contributed by atoms with Crippen LogP contribution in [-0.2, 0) is 23.0 Å². The van der Waals surface area contributed by atoms with Crippen LogP contribution in [0, 0.1) is 0 Å². The van der Waals surface area contributed by atoms with E-state index in [9.17, 15) is 13.2 Å². The third-order valence-corrected chi connectivity index (χ3v) is 6.61. The fourth-order valence-corrected chi connectivity index (χ4v) is 4.31. The second-order valence-electron chi connectivity index (χ2n) is 6.52. The molecule has 8 nitrogen and oxygen atoms in total. The minimum atomic E-state index is -3.86. The molecule has 0 aliphatic heterocycles. The number of carbonyl (C=O) groups is 1. The third kappa shape index (κ3) is 4.80. The van der Waals surface area contributed by atoms with Crippen molar-refractivity contribution in [3.05, 3.63) is 71.3 Å². The van der Waals surface area contributed by atoms with Crippen molar-refractivity contribution in [1.82, 2.24) is 20.1 Å². The maximum Gasteiger partial charge on any atom is 0.264 e. The number of nitrogens with zero attached hydrogens (tertiary/aromatic N) is 4. The molecule has 3 aromatic rings. The van der Waals surface area contributed by atoms with Gasteiger partial charge in [-0.2, -0.15) is 0 Å². The van der Waals surface area contributed by atoms with Crippen molar-refractivity contribution in [2.45, 2.75) is 24.8 Å². The molecule has 1 N–H and O–H groups in total. The first kappa shape index (κ1) is 21.8. The van der Waals surface area contributed by atoms with Gasteiger partial charge in [-0.05, 0) is 43.3 Å². The molecule has 0 bridgehead atoms. The molecule has 0 saturated carbocycles. The predicted molar refractivity (Wildman–Crippen MR) is 115 cm³/mol. The lowest BCUT2D eigenvalue weighted by molar-refractivity contribution is 0.0953. The molecule has 2 aromatic carbocycles. The standard InChI is InChI=1S/C20H22ClN5O3S/c1-3-26-14-23-24-19(26)10-11-22-20(27)15-6-4-9-18(12-15)30(28,29)25(2)17-8-5-7-16(21)13-17/h4-9,12-14H,3,10-11H2,1-2H3,(H,22,27). The first-order chi connectivity index (χ1) is 14.3. The Morgan fingerprint density at radius 2 is 1.97 bits per heavy atom. The number of rotatable bonds is 8. The van der Waals surface area contributed by atoms with Crippen LogP contribution < -0.4 is 9.62 Å². The number of nitrogens with one attached hydrogen (secondary N) is 1. The summed E-state index contributed by atoms with van der Waals surface area (Å²) in [6, 6.07) is 12.5. The fourth-order valence-electron chi connectivity index (χ4n) is 2.89. The highest BCUT2D eigenvalue weighted by molar-refractivity contribution is 7.92. The fraction of sp³-hybridized carbons (Fsp3) is 0.250. The summed E-state index contributed by atoms with van der Waals surface area (Å²) in [5.41, 5.74) is 0.685. The minimum absolute atomic E-state index is 0.0170. The molecule has 158 valence electrons. The van der Waals surface area contributed by atoms with Gasteiger partial charge in [-0.1, -0.05) is 23.7 Å². The van der Waals surface area contributed by atoms with Gasteiger partial charge in [-0.3, -0.25) is 9.10 Å². The van der Waals surface area contributed by atoms with E-state index in [0.717, 1.165) is 16.7 Å². The Kier molecular flexibility index (Phi) is 6.73. The highest BCUT2D eigenvalue weighted by Crippen LogP contribution is 2.25. The smallest absolute Gasteiger partial charge is 0.264 e. The van der Waals surface area contributed by atoms with Crippen molar-refractivity contribution in [3.63, 3.8) is 0 Å². The Bertz CT molecular complexity index is 1150. The molecule has 3 rings (SSSR count). The third-order valence-electron chi connectivity index (χ3n) is 4.60. The van der Waals surface area contributed by atoms with E-state index in [0.29, 0.717) is 23.7 Å². The van der Waals surface area contributed by atoms with Crippen molar-refractivity contribution in [3.8, 4) is 0 Å². The summed E-state index contributed by atoms with van der Waals surface area (Å²) in [4.78, 5) is 12.5. The van der Waals surface area contributed by atoms with Crippen LogP contribution in [0.2, 0.25) is 5.02 Å². The molecular formula is C20H22ClN5O3S. The maximum absolute atomic E-state index is 13.0. The van der Waals surface area contributed by atoms with Gasteiger partial charge in [0, 0.05) is 37.1 Å². The zero-order valence-corrected chi connectivity index (χ0v) is 18.2. The first-order valence-electron chi connectivity index (χ1n) is 9.32. The van der Waals surface area contributed by atoms with E-state index in [-0.39, 0.29) is 16.4 Å². The number of anilines is 1. The highest BCUT2D eigenvalue weighted by atomic mass is 35.5. The predicted octanol–water partition coefficient (Wildman–Crippen LogP) is 2.75. The number of amides is 1. The molecule has 30 heavy (non-hydrogen) atoms. The summed E-state index contributed by atoms with van der Waals surface area (Å²) in [7, 11) is -2.41. The Hall–Kier alpha value is -2.91. The lowest BCUT2D eigenvalue weighted by atomic mass is 10.2. The summed E-state index contributed by atoms with van der Waals surface area (Å²) in [5, 5.41) is 11.1. The van der Waals surface area contributed by atoms with Gasteiger partial charge >= 0.3 is 0 Å². The van der Waals surface area contributed by atoms with E-state index in [1.165, 1.54) is 19.2 Å². The van der Waals surface area contributed by atoms with Crippen molar-refractivity contribution >= 4 is 33.2 Å². The lowest BCUT2D eigenvalue weighted by Gasteiger charge is -2.20. The lowest BCUT2D eigenvalue weighted by Crippen LogP contribution is -2.28. The summed E-state index contributed by atoms with van der Waals surface area (Å²) in [6.45, 7) is 3.09. The number of aromatic nitrogens is 3. The molecule has 1 amide bonds.